The fourth-order valence-corrected chi connectivity index (χ4v) is 2.33. The van der Waals surface area contributed by atoms with E-state index in [4.69, 9.17) is 16.3 Å². The van der Waals surface area contributed by atoms with Crippen molar-refractivity contribution >= 4 is 11.6 Å². The van der Waals surface area contributed by atoms with Crippen LogP contribution in [0.15, 0.2) is 30.6 Å². The highest BCUT2D eigenvalue weighted by molar-refractivity contribution is 6.30. The smallest absolute Gasteiger partial charge is 0.122 e. The van der Waals surface area contributed by atoms with E-state index in [2.05, 4.69) is 12.0 Å². The molecule has 5 heteroatoms. The second-order valence-electron chi connectivity index (χ2n) is 4.71. The highest BCUT2D eigenvalue weighted by atomic mass is 35.5. The molecule has 0 bridgehead atoms. The van der Waals surface area contributed by atoms with Crippen LogP contribution in [0.5, 0.6) is 5.75 Å². The molecule has 0 aliphatic carbocycles. The summed E-state index contributed by atoms with van der Waals surface area (Å²) in [4.78, 5) is 0. The molecule has 0 amide bonds. The normalized spacial score (nSPS) is 12.4. The summed E-state index contributed by atoms with van der Waals surface area (Å²) >= 11 is 5.99. The molecule has 108 valence electrons. The molecule has 4 nitrogen and oxygen atoms in total. The average molecular weight is 295 g/mol. The SMILES string of the molecule is CCCn1cc(C(O)Cc2cc(Cl)ccc2OC)cn1. The molecule has 1 unspecified atom stereocenters. The minimum atomic E-state index is -0.618. The number of aliphatic hydroxyl groups is 1. The van der Waals surface area contributed by atoms with Crippen molar-refractivity contribution in [3.05, 3.63) is 46.7 Å². The van der Waals surface area contributed by atoms with Crippen LogP contribution in [0.1, 0.15) is 30.6 Å². The lowest BCUT2D eigenvalue weighted by atomic mass is 10.0. The van der Waals surface area contributed by atoms with Crippen molar-refractivity contribution in [2.75, 3.05) is 7.11 Å². The molecule has 0 aliphatic heterocycles. The zero-order valence-corrected chi connectivity index (χ0v) is 12.5. The second kappa shape index (κ2) is 6.77. The largest absolute Gasteiger partial charge is 0.496 e. The number of aliphatic hydroxyl groups excluding tert-OH is 1. The van der Waals surface area contributed by atoms with Gasteiger partial charge in [-0.15, -0.1) is 0 Å². The number of benzene rings is 1. The first kappa shape index (κ1) is 14.9. The van der Waals surface area contributed by atoms with Gasteiger partial charge in [-0.25, -0.2) is 0 Å². The van der Waals surface area contributed by atoms with Crippen molar-refractivity contribution in [3.63, 3.8) is 0 Å². The van der Waals surface area contributed by atoms with Gasteiger partial charge in [0.1, 0.15) is 5.75 Å². The van der Waals surface area contributed by atoms with Crippen LogP contribution in [0, 0.1) is 0 Å². The molecule has 1 atom stereocenters. The Morgan fingerprint density at radius 3 is 2.95 bits per heavy atom. The summed E-state index contributed by atoms with van der Waals surface area (Å²) in [5.41, 5.74) is 1.69. The van der Waals surface area contributed by atoms with Gasteiger partial charge < -0.3 is 9.84 Å². The lowest BCUT2D eigenvalue weighted by molar-refractivity contribution is 0.177. The molecule has 0 aliphatic rings. The van der Waals surface area contributed by atoms with Crippen LogP contribution in [-0.4, -0.2) is 22.0 Å². The van der Waals surface area contributed by atoms with Gasteiger partial charge in [0.2, 0.25) is 0 Å². The first-order valence-electron chi connectivity index (χ1n) is 6.67. The monoisotopic (exact) mass is 294 g/mol. The van der Waals surface area contributed by atoms with Gasteiger partial charge in [-0.3, -0.25) is 4.68 Å². The highest BCUT2D eigenvalue weighted by Crippen LogP contribution is 2.27. The minimum absolute atomic E-state index is 0.446. The average Bonchev–Trinajstić information content (AvgIpc) is 2.88. The number of aryl methyl sites for hydroxylation is 1. The molecule has 2 aromatic rings. The van der Waals surface area contributed by atoms with Crippen LogP contribution in [0.3, 0.4) is 0 Å². The van der Waals surface area contributed by atoms with Crippen molar-refractivity contribution in [3.8, 4) is 5.75 Å². The van der Waals surface area contributed by atoms with Gasteiger partial charge >= 0.3 is 0 Å². The number of hydrogen-bond acceptors (Lipinski definition) is 3. The predicted molar refractivity (Wildman–Crippen MR) is 79.2 cm³/mol. The summed E-state index contributed by atoms with van der Waals surface area (Å²) in [7, 11) is 1.61. The highest BCUT2D eigenvalue weighted by Gasteiger charge is 2.14. The summed E-state index contributed by atoms with van der Waals surface area (Å²) < 4.78 is 7.13. The zero-order chi connectivity index (χ0) is 14.5. The van der Waals surface area contributed by atoms with E-state index in [9.17, 15) is 5.11 Å². The molecule has 0 radical (unpaired) electrons. The van der Waals surface area contributed by atoms with Crippen LogP contribution in [0.4, 0.5) is 0 Å². The fraction of sp³-hybridized carbons (Fsp3) is 0.400. The lowest BCUT2D eigenvalue weighted by Crippen LogP contribution is -2.03. The van der Waals surface area contributed by atoms with E-state index in [0.717, 1.165) is 29.8 Å². The minimum Gasteiger partial charge on any atom is -0.496 e. The molecule has 2 rings (SSSR count). The molecule has 0 fully saturated rings. The van der Waals surface area contributed by atoms with E-state index in [1.807, 2.05) is 23.0 Å². The summed E-state index contributed by atoms with van der Waals surface area (Å²) in [5.74, 6) is 0.731. The summed E-state index contributed by atoms with van der Waals surface area (Å²) in [6.07, 6.45) is 4.43. The number of nitrogens with zero attached hydrogens (tertiary/aromatic N) is 2. The third-order valence-electron chi connectivity index (χ3n) is 3.15. The molecule has 0 spiro atoms. The van der Waals surface area contributed by atoms with Crippen molar-refractivity contribution in [2.45, 2.75) is 32.4 Å². The first-order valence-corrected chi connectivity index (χ1v) is 7.04. The Kier molecular flexibility index (Phi) is 5.04. The van der Waals surface area contributed by atoms with Crippen LogP contribution < -0.4 is 4.74 Å². The Bertz CT molecular complexity index is 569. The van der Waals surface area contributed by atoms with Crippen molar-refractivity contribution in [1.82, 2.24) is 9.78 Å². The van der Waals surface area contributed by atoms with E-state index < -0.39 is 6.10 Å². The van der Waals surface area contributed by atoms with E-state index >= 15 is 0 Å². The Morgan fingerprint density at radius 1 is 1.45 bits per heavy atom. The third-order valence-corrected chi connectivity index (χ3v) is 3.38. The lowest BCUT2D eigenvalue weighted by Gasteiger charge is -2.12. The van der Waals surface area contributed by atoms with Gasteiger partial charge in [0.05, 0.1) is 19.4 Å². The zero-order valence-electron chi connectivity index (χ0n) is 11.7. The molecule has 0 saturated carbocycles. The Morgan fingerprint density at radius 2 is 2.25 bits per heavy atom. The van der Waals surface area contributed by atoms with Crippen LogP contribution in [-0.2, 0) is 13.0 Å². The molecule has 0 saturated heterocycles. The molecule has 1 aromatic heterocycles. The molecule has 1 heterocycles. The summed E-state index contributed by atoms with van der Waals surface area (Å²) in [6.45, 7) is 2.95. The van der Waals surface area contributed by atoms with Crippen LogP contribution >= 0.6 is 11.6 Å². The maximum absolute atomic E-state index is 10.3. The molecule has 1 N–H and O–H groups in total. The third kappa shape index (κ3) is 3.52. The number of aromatic nitrogens is 2. The predicted octanol–water partition coefficient (Wildman–Crippen LogP) is 3.23. The molecular formula is C15H19ClN2O2. The maximum Gasteiger partial charge on any atom is 0.122 e. The van der Waals surface area contributed by atoms with Gasteiger partial charge in [-0.1, -0.05) is 18.5 Å². The number of methoxy groups -OCH3 is 1. The standard InChI is InChI=1S/C15H19ClN2O2/c1-3-6-18-10-12(9-17-18)14(19)8-11-7-13(16)4-5-15(11)20-2/h4-5,7,9-10,14,19H,3,6,8H2,1-2H3. The van der Waals surface area contributed by atoms with Crippen molar-refractivity contribution in [1.29, 1.82) is 0 Å². The Labute approximate surface area is 123 Å². The quantitative estimate of drug-likeness (QED) is 0.890. The van der Waals surface area contributed by atoms with E-state index in [1.54, 1.807) is 19.4 Å². The summed E-state index contributed by atoms with van der Waals surface area (Å²) in [6, 6.07) is 5.40. The molecule has 1 aromatic carbocycles. The summed E-state index contributed by atoms with van der Waals surface area (Å²) in [5, 5.41) is 15.2. The van der Waals surface area contributed by atoms with Gasteiger partial charge in [0, 0.05) is 29.7 Å². The number of halogens is 1. The van der Waals surface area contributed by atoms with E-state index in [1.165, 1.54) is 0 Å². The van der Waals surface area contributed by atoms with E-state index in [0.29, 0.717) is 11.4 Å². The van der Waals surface area contributed by atoms with Crippen LogP contribution in [0.25, 0.3) is 0 Å². The number of hydrogen-bond donors (Lipinski definition) is 1. The second-order valence-corrected chi connectivity index (χ2v) is 5.15. The fourth-order valence-electron chi connectivity index (χ4n) is 2.14. The van der Waals surface area contributed by atoms with E-state index in [-0.39, 0.29) is 0 Å². The topological polar surface area (TPSA) is 47.3 Å². The Hall–Kier alpha value is -1.52. The molecule has 20 heavy (non-hydrogen) atoms. The van der Waals surface area contributed by atoms with Gasteiger partial charge in [0.15, 0.2) is 0 Å². The van der Waals surface area contributed by atoms with Crippen LogP contribution in [0.2, 0.25) is 5.02 Å². The van der Waals surface area contributed by atoms with Gasteiger partial charge in [-0.2, -0.15) is 5.10 Å². The van der Waals surface area contributed by atoms with Gasteiger partial charge in [-0.05, 0) is 30.2 Å². The number of ether oxygens (including phenoxy) is 1. The van der Waals surface area contributed by atoms with Gasteiger partial charge in [0.25, 0.3) is 0 Å². The maximum atomic E-state index is 10.3. The number of rotatable bonds is 6. The molecular weight excluding hydrogens is 276 g/mol. The Balaban J connectivity index is 2.13. The van der Waals surface area contributed by atoms with Crippen molar-refractivity contribution in [2.24, 2.45) is 0 Å². The first-order chi connectivity index (χ1) is 9.63. The van der Waals surface area contributed by atoms with Crippen molar-refractivity contribution < 1.29 is 9.84 Å².